The molecule has 0 aliphatic carbocycles. The van der Waals surface area contributed by atoms with Gasteiger partial charge in [0.15, 0.2) is 0 Å². The van der Waals surface area contributed by atoms with Crippen molar-refractivity contribution in [2.24, 2.45) is 0 Å². The lowest BCUT2D eigenvalue weighted by Crippen LogP contribution is -2.44. The first-order valence-corrected chi connectivity index (χ1v) is 10.6. The van der Waals surface area contributed by atoms with Gasteiger partial charge in [0, 0.05) is 39.7 Å². The SMILES string of the molecule is CN1C2CC[C@@H]1C[C@H](c1ccc(Cl)cc1)[C@@H]2c1cc(-c2ccc(Cl)cc2)no1.Cl. The van der Waals surface area contributed by atoms with Crippen molar-refractivity contribution in [2.75, 3.05) is 7.05 Å². The highest BCUT2D eigenvalue weighted by Crippen LogP contribution is 2.51. The summed E-state index contributed by atoms with van der Waals surface area (Å²) >= 11 is 12.2. The summed E-state index contributed by atoms with van der Waals surface area (Å²) in [5.41, 5.74) is 3.23. The highest BCUT2D eigenvalue weighted by atomic mass is 35.5. The van der Waals surface area contributed by atoms with Crippen LogP contribution in [0.5, 0.6) is 0 Å². The number of benzene rings is 2. The number of hydrogen-bond donors (Lipinski definition) is 0. The van der Waals surface area contributed by atoms with Crippen LogP contribution >= 0.6 is 35.6 Å². The largest absolute Gasteiger partial charge is 0.360 e. The second-order valence-corrected chi connectivity index (χ2v) is 8.88. The second kappa shape index (κ2) is 8.31. The predicted molar refractivity (Wildman–Crippen MR) is 120 cm³/mol. The zero-order chi connectivity index (χ0) is 19.3. The molecule has 1 aromatic heterocycles. The van der Waals surface area contributed by atoms with Gasteiger partial charge in [-0.3, -0.25) is 4.90 Å². The Hall–Kier alpha value is -1.52. The summed E-state index contributed by atoms with van der Waals surface area (Å²) in [5.74, 6) is 1.68. The van der Waals surface area contributed by atoms with E-state index in [0.29, 0.717) is 23.9 Å². The molecule has 152 valence electrons. The minimum absolute atomic E-state index is 0. The van der Waals surface area contributed by atoms with E-state index in [1.807, 2.05) is 36.4 Å². The summed E-state index contributed by atoms with van der Waals surface area (Å²) in [6, 6.07) is 19.3. The Labute approximate surface area is 187 Å². The Morgan fingerprint density at radius 2 is 1.62 bits per heavy atom. The molecule has 2 saturated heterocycles. The third-order valence-electron chi connectivity index (χ3n) is 6.56. The van der Waals surface area contributed by atoms with Gasteiger partial charge in [-0.25, -0.2) is 0 Å². The lowest BCUT2D eigenvalue weighted by molar-refractivity contribution is 0.122. The Balaban J connectivity index is 0.00000205. The molecule has 3 nitrogen and oxygen atoms in total. The standard InChI is InChI=1S/C23H22Cl2N2O.ClH/c1-27-18-10-11-21(27)23(19(12-18)14-2-6-16(24)7-3-14)22-13-20(26-28-22)15-4-8-17(25)9-5-15;/h2-9,13,18-19,21,23H,10-12H2,1H3;1H/t18-,19-,21?,23+;/m1./s1. The molecule has 3 heterocycles. The van der Waals surface area contributed by atoms with Crippen LogP contribution in [0, 0.1) is 0 Å². The molecule has 3 aromatic rings. The van der Waals surface area contributed by atoms with E-state index in [4.69, 9.17) is 27.7 Å². The molecular formula is C23H23Cl3N2O. The summed E-state index contributed by atoms with van der Waals surface area (Å²) in [5, 5.41) is 5.89. The Morgan fingerprint density at radius 3 is 2.31 bits per heavy atom. The van der Waals surface area contributed by atoms with Crippen molar-refractivity contribution in [3.63, 3.8) is 0 Å². The van der Waals surface area contributed by atoms with Gasteiger partial charge in [-0.2, -0.15) is 0 Å². The van der Waals surface area contributed by atoms with Crippen molar-refractivity contribution in [1.29, 1.82) is 0 Å². The quantitative estimate of drug-likeness (QED) is 0.440. The van der Waals surface area contributed by atoms with E-state index < -0.39 is 0 Å². The van der Waals surface area contributed by atoms with Crippen LogP contribution in [0.1, 0.15) is 42.4 Å². The summed E-state index contributed by atoms with van der Waals surface area (Å²) in [4.78, 5) is 2.54. The molecule has 29 heavy (non-hydrogen) atoms. The normalized spacial score (nSPS) is 26.3. The van der Waals surface area contributed by atoms with E-state index in [-0.39, 0.29) is 12.4 Å². The fraction of sp³-hybridized carbons (Fsp3) is 0.348. The minimum atomic E-state index is 0. The lowest BCUT2D eigenvalue weighted by Gasteiger charge is -2.42. The van der Waals surface area contributed by atoms with Crippen molar-refractivity contribution in [2.45, 2.75) is 43.2 Å². The first kappa shape index (κ1) is 20.7. The molecule has 0 spiro atoms. The topological polar surface area (TPSA) is 29.3 Å². The fourth-order valence-electron chi connectivity index (χ4n) is 5.11. The van der Waals surface area contributed by atoms with Crippen LogP contribution < -0.4 is 0 Å². The van der Waals surface area contributed by atoms with Gasteiger partial charge < -0.3 is 4.52 Å². The zero-order valence-electron chi connectivity index (χ0n) is 16.1. The molecule has 2 fully saturated rings. The molecule has 2 bridgehead atoms. The van der Waals surface area contributed by atoms with E-state index in [1.54, 1.807) is 0 Å². The zero-order valence-corrected chi connectivity index (χ0v) is 18.4. The van der Waals surface area contributed by atoms with Gasteiger partial charge in [0.1, 0.15) is 11.5 Å². The number of nitrogens with zero attached hydrogens (tertiary/aromatic N) is 2. The number of aromatic nitrogens is 1. The summed E-state index contributed by atoms with van der Waals surface area (Å²) in [6.07, 6.45) is 3.59. The molecule has 5 rings (SSSR count). The maximum Gasteiger partial charge on any atom is 0.142 e. The maximum absolute atomic E-state index is 6.13. The first-order valence-electron chi connectivity index (χ1n) is 9.80. The lowest BCUT2D eigenvalue weighted by atomic mass is 9.75. The van der Waals surface area contributed by atoms with Crippen molar-refractivity contribution in [3.8, 4) is 11.3 Å². The predicted octanol–water partition coefficient (Wildman–Crippen LogP) is 6.80. The third-order valence-corrected chi connectivity index (χ3v) is 7.07. The molecular weight excluding hydrogens is 427 g/mol. The van der Waals surface area contributed by atoms with Crippen LogP contribution in [0.3, 0.4) is 0 Å². The molecule has 2 aliphatic rings. The summed E-state index contributed by atoms with van der Waals surface area (Å²) in [7, 11) is 2.25. The molecule has 0 saturated carbocycles. The molecule has 0 radical (unpaired) electrons. The summed E-state index contributed by atoms with van der Waals surface area (Å²) in [6.45, 7) is 0. The van der Waals surface area contributed by atoms with Crippen molar-refractivity contribution < 1.29 is 4.52 Å². The molecule has 1 unspecified atom stereocenters. The van der Waals surface area contributed by atoms with Gasteiger partial charge in [0.05, 0.1) is 0 Å². The number of rotatable bonds is 3. The van der Waals surface area contributed by atoms with Crippen LogP contribution in [-0.4, -0.2) is 29.2 Å². The number of likely N-dealkylation sites (N-methyl/N-ethyl adjacent to an activating group) is 1. The fourth-order valence-corrected chi connectivity index (χ4v) is 5.36. The molecule has 2 aromatic carbocycles. The summed E-state index contributed by atoms with van der Waals surface area (Å²) < 4.78 is 5.93. The average Bonchev–Trinajstić information content (AvgIpc) is 3.26. The Bertz CT molecular complexity index is 971. The number of hydrogen-bond acceptors (Lipinski definition) is 3. The van der Waals surface area contributed by atoms with Crippen molar-refractivity contribution in [3.05, 3.63) is 76.0 Å². The molecule has 4 atom stereocenters. The van der Waals surface area contributed by atoms with Gasteiger partial charge in [-0.15, -0.1) is 12.4 Å². The smallest absolute Gasteiger partial charge is 0.142 e. The van der Waals surface area contributed by atoms with E-state index in [9.17, 15) is 0 Å². The molecule has 6 heteroatoms. The second-order valence-electron chi connectivity index (χ2n) is 8.00. The number of piperidine rings is 1. The minimum Gasteiger partial charge on any atom is -0.360 e. The molecule has 0 amide bonds. The first-order chi connectivity index (χ1) is 13.6. The van der Waals surface area contributed by atoms with Crippen LogP contribution in [0.25, 0.3) is 11.3 Å². The van der Waals surface area contributed by atoms with E-state index >= 15 is 0 Å². The van der Waals surface area contributed by atoms with Crippen molar-refractivity contribution in [1.82, 2.24) is 10.1 Å². The number of fused-ring (bicyclic) bond motifs is 2. The van der Waals surface area contributed by atoms with E-state index in [2.05, 4.69) is 35.3 Å². The third kappa shape index (κ3) is 3.82. The number of halogens is 3. The molecule has 0 N–H and O–H groups in total. The molecule has 2 aliphatic heterocycles. The highest BCUT2D eigenvalue weighted by molar-refractivity contribution is 6.30. The van der Waals surface area contributed by atoms with E-state index in [0.717, 1.165) is 33.5 Å². The monoisotopic (exact) mass is 448 g/mol. The Kier molecular flexibility index (Phi) is 5.94. The van der Waals surface area contributed by atoms with E-state index in [1.165, 1.54) is 18.4 Å². The van der Waals surface area contributed by atoms with Gasteiger partial charge in [-0.05, 0) is 62.1 Å². The van der Waals surface area contributed by atoms with Gasteiger partial charge in [-0.1, -0.05) is 52.6 Å². The van der Waals surface area contributed by atoms with Gasteiger partial charge in [0.2, 0.25) is 0 Å². The van der Waals surface area contributed by atoms with Crippen LogP contribution in [0.4, 0.5) is 0 Å². The van der Waals surface area contributed by atoms with Crippen LogP contribution in [-0.2, 0) is 0 Å². The highest BCUT2D eigenvalue weighted by Gasteiger charge is 2.48. The van der Waals surface area contributed by atoms with Crippen molar-refractivity contribution >= 4 is 35.6 Å². The van der Waals surface area contributed by atoms with Gasteiger partial charge in [0.25, 0.3) is 0 Å². The average molecular weight is 450 g/mol. The van der Waals surface area contributed by atoms with Crippen LogP contribution in [0.15, 0.2) is 59.1 Å². The Morgan fingerprint density at radius 1 is 0.966 bits per heavy atom. The van der Waals surface area contributed by atoms with Crippen LogP contribution in [0.2, 0.25) is 10.0 Å². The maximum atomic E-state index is 6.13. The van der Waals surface area contributed by atoms with Gasteiger partial charge >= 0.3 is 0 Å².